The highest BCUT2D eigenvalue weighted by atomic mass is 15.0. The summed E-state index contributed by atoms with van der Waals surface area (Å²) in [5.74, 6) is 0. The van der Waals surface area contributed by atoms with Crippen molar-refractivity contribution in [2.24, 2.45) is 0 Å². The van der Waals surface area contributed by atoms with Crippen LogP contribution in [0.3, 0.4) is 0 Å². The van der Waals surface area contributed by atoms with Crippen molar-refractivity contribution in [3.8, 4) is 39.3 Å². The molecule has 218 valence electrons. The number of pyridine rings is 2. The maximum atomic E-state index is 5.38. The predicted octanol–water partition coefficient (Wildman–Crippen LogP) is 10.8. The lowest BCUT2D eigenvalue weighted by Crippen LogP contribution is -1.97. The first-order chi connectivity index (χ1) is 22.6. The molecule has 4 heteroatoms. The van der Waals surface area contributed by atoms with Gasteiger partial charge in [0.15, 0.2) is 0 Å². The number of aryl methyl sites for hydroxylation is 2. The summed E-state index contributed by atoms with van der Waals surface area (Å²) in [7, 11) is 0. The van der Waals surface area contributed by atoms with Gasteiger partial charge in [0.05, 0.1) is 22.4 Å². The molecule has 1 N–H and O–H groups in total. The molecule has 0 aliphatic heterocycles. The Morgan fingerprint density at radius 3 is 2.17 bits per heavy atom. The molecule has 0 unspecified atom stereocenters. The molecule has 0 saturated heterocycles. The van der Waals surface area contributed by atoms with Gasteiger partial charge in [0.2, 0.25) is 0 Å². The van der Waals surface area contributed by atoms with Gasteiger partial charge in [0.1, 0.15) is 5.65 Å². The summed E-state index contributed by atoms with van der Waals surface area (Å²) < 4.78 is 2.26. The highest BCUT2D eigenvalue weighted by molar-refractivity contribution is 6.12. The van der Waals surface area contributed by atoms with Crippen LogP contribution in [0.2, 0.25) is 0 Å². The number of nitrogens with one attached hydrogen (secondary N) is 1. The van der Waals surface area contributed by atoms with Gasteiger partial charge < -0.3 is 4.98 Å². The van der Waals surface area contributed by atoms with Crippen LogP contribution < -0.4 is 0 Å². The van der Waals surface area contributed by atoms with Gasteiger partial charge in [-0.3, -0.25) is 4.57 Å². The highest BCUT2D eigenvalue weighted by Crippen LogP contribution is 2.38. The lowest BCUT2D eigenvalue weighted by atomic mass is 9.93. The number of rotatable bonds is 4. The summed E-state index contributed by atoms with van der Waals surface area (Å²) >= 11 is 0. The third-order valence-corrected chi connectivity index (χ3v) is 9.25. The molecule has 0 saturated carbocycles. The topological polar surface area (TPSA) is 46.5 Å². The number of benzene rings is 5. The molecular formula is C42H30N4. The molecule has 0 aliphatic rings. The second-order valence-electron chi connectivity index (χ2n) is 12.1. The van der Waals surface area contributed by atoms with E-state index >= 15 is 0 Å². The molecule has 4 nitrogen and oxygen atoms in total. The van der Waals surface area contributed by atoms with Crippen molar-refractivity contribution in [1.29, 1.82) is 0 Å². The Labute approximate surface area is 266 Å². The van der Waals surface area contributed by atoms with Crippen LogP contribution in [0.5, 0.6) is 0 Å². The fourth-order valence-electron chi connectivity index (χ4n) is 7.18. The van der Waals surface area contributed by atoms with E-state index in [4.69, 9.17) is 9.97 Å². The molecule has 0 amide bonds. The number of fused-ring (bicyclic) bond motifs is 6. The summed E-state index contributed by atoms with van der Waals surface area (Å²) in [5, 5.41) is 4.76. The molecule has 0 atom stereocenters. The lowest BCUT2D eigenvalue weighted by Gasteiger charge is -2.15. The van der Waals surface area contributed by atoms with E-state index in [1.165, 1.54) is 32.8 Å². The third kappa shape index (κ3) is 4.07. The summed E-state index contributed by atoms with van der Waals surface area (Å²) in [6.45, 7) is 4.38. The zero-order chi connectivity index (χ0) is 30.8. The molecule has 5 aromatic carbocycles. The van der Waals surface area contributed by atoms with Crippen LogP contribution in [-0.4, -0.2) is 19.5 Å². The zero-order valence-corrected chi connectivity index (χ0v) is 25.6. The first-order valence-electron chi connectivity index (χ1n) is 15.7. The van der Waals surface area contributed by atoms with Crippen LogP contribution in [0.15, 0.2) is 140 Å². The molecule has 0 spiro atoms. The van der Waals surface area contributed by atoms with E-state index < -0.39 is 0 Å². The van der Waals surface area contributed by atoms with Crippen molar-refractivity contribution in [2.45, 2.75) is 13.8 Å². The molecule has 0 fully saturated rings. The second-order valence-corrected chi connectivity index (χ2v) is 12.1. The average Bonchev–Trinajstić information content (AvgIpc) is 3.64. The molecule has 4 aromatic heterocycles. The standard InChI is InChI=1S/C42H30N4/c1-26-11-7-12-27(2)40(26)29-24-37(44-38(25-29)35-18-9-17-33-31-15-3-5-20-36(31)45-41(33)35)28-13-8-14-30(23-28)46-39-21-6-4-16-32(39)34-19-10-22-43-42(34)46/h3-25,45H,1-2H3. The van der Waals surface area contributed by atoms with E-state index in [1.54, 1.807) is 0 Å². The van der Waals surface area contributed by atoms with Gasteiger partial charge in [0, 0.05) is 50.1 Å². The van der Waals surface area contributed by atoms with Crippen molar-refractivity contribution < 1.29 is 0 Å². The Morgan fingerprint density at radius 2 is 1.28 bits per heavy atom. The third-order valence-electron chi connectivity index (χ3n) is 9.25. The first kappa shape index (κ1) is 26.4. The van der Waals surface area contributed by atoms with Crippen molar-refractivity contribution >= 4 is 43.7 Å². The van der Waals surface area contributed by atoms with E-state index in [9.17, 15) is 0 Å². The van der Waals surface area contributed by atoms with Crippen molar-refractivity contribution in [3.63, 3.8) is 0 Å². The van der Waals surface area contributed by atoms with Crippen LogP contribution in [0, 0.1) is 13.8 Å². The molecule has 4 heterocycles. The summed E-state index contributed by atoms with van der Waals surface area (Å²) in [6, 6.07) is 47.4. The minimum absolute atomic E-state index is 0.929. The van der Waals surface area contributed by atoms with E-state index in [1.807, 2.05) is 12.3 Å². The maximum absolute atomic E-state index is 5.38. The second kappa shape index (κ2) is 10.3. The monoisotopic (exact) mass is 590 g/mol. The van der Waals surface area contributed by atoms with Gasteiger partial charge in [-0.25, -0.2) is 9.97 Å². The highest BCUT2D eigenvalue weighted by Gasteiger charge is 2.17. The Kier molecular flexibility index (Phi) is 5.90. The number of hydrogen-bond acceptors (Lipinski definition) is 2. The number of H-pyrrole nitrogens is 1. The number of para-hydroxylation sites is 3. The van der Waals surface area contributed by atoms with Crippen LogP contribution >= 0.6 is 0 Å². The predicted molar refractivity (Wildman–Crippen MR) is 192 cm³/mol. The van der Waals surface area contributed by atoms with Crippen molar-refractivity contribution in [2.75, 3.05) is 0 Å². The van der Waals surface area contributed by atoms with E-state index in [0.717, 1.165) is 61.3 Å². The molecule has 9 rings (SSSR count). The Bertz CT molecular complexity index is 2550. The van der Waals surface area contributed by atoms with Crippen LogP contribution in [-0.2, 0) is 0 Å². The minimum atomic E-state index is 0.929. The van der Waals surface area contributed by atoms with Crippen molar-refractivity contribution in [1.82, 2.24) is 19.5 Å². The quantitative estimate of drug-likeness (QED) is 0.222. The molecule has 0 radical (unpaired) electrons. The first-order valence-corrected chi connectivity index (χ1v) is 15.7. The molecule has 46 heavy (non-hydrogen) atoms. The van der Waals surface area contributed by atoms with Gasteiger partial charge in [-0.05, 0) is 84.6 Å². The number of aromatic nitrogens is 4. The summed E-state index contributed by atoms with van der Waals surface area (Å²) in [4.78, 5) is 13.9. The van der Waals surface area contributed by atoms with Crippen LogP contribution in [0.1, 0.15) is 11.1 Å². The fourth-order valence-corrected chi connectivity index (χ4v) is 7.18. The smallest absolute Gasteiger partial charge is 0.145 e. The Balaban J connectivity index is 1.29. The number of hydrogen-bond donors (Lipinski definition) is 1. The van der Waals surface area contributed by atoms with Gasteiger partial charge >= 0.3 is 0 Å². The molecular weight excluding hydrogens is 560 g/mol. The van der Waals surface area contributed by atoms with Gasteiger partial charge in [-0.2, -0.15) is 0 Å². The number of aromatic amines is 1. The molecule has 9 aromatic rings. The molecule has 0 aliphatic carbocycles. The average molecular weight is 591 g/mol. The number of nitrogens with zero attached hydrogens (tertiary/aromatic N) is 3. The Morgan fingerprint density at radius 1 is 0.565 bits per heavy atom. The normalized spacial score (nSPS) is 11.7. The summed E-state index contributed by atoms with van der Waals surface area (Å²) in [5.41, 5.74) is 14.3. The molecule has 0 bridgehead atoms. The van der Waals surface area contributed by atoms with E-state index in [2.05, 4.69) is 151 Å². The lowest BCUT2D eigenvalue weighted by molar-refractivity contribution is 1.13. The van der Waals surface area contributed by atoms with Crippen LogP contribution in [0.25, 0.3) is 83.1 Å². The van der Waals surface area contributed by atoms with E-state index in [0.29, 0.717) is 0 Å². The zero-order valence-electron chi connectivity index (χ0n) is 25.6. The van der Waals surface area contributed by atoms with Gasteiger partial charge in [-0.1, -0.05) is 84.9 Å². The van der Waals surface area contributed by atoms with Gasteiger partial charge in [-0.15, -0.1) is 0 Å². The summed E-state index contributed by atoms with van der Waals surface area (Å²) in [6.07, 6.45) is 1.87. The maximum Gasteiger partial charge on any atom is 0.145 e. The SMILES string of the molecule is Cc1cccc(C)c1-c1cc(-c2cccc(-n3c4ccccc4c4cccnc43)c2)nc(-c2cccc3c2[nH]c2ccccc23)c1. The van der Waals surface area contributed by atoms with Crippen LogP contribution in [0.4, 0.5) is 0 Å². The largest absolute Gasteiger partial charge is 0.354 e. The fraction of sp³-hybridized carbons (Fsp3) is 0.0476. The van der Waals surface area contributed by atoms with Crippen molar-refractivity contribution in [3.05, 3.63) is 151 Å². The van der Waals surface area contributed by atoms with E-state index in [-0.39, 0.29) is 0 Å². The van der Waals surface area contributed by atoms with Gasteiger partial charge in [0.25, 0.3) is 0 Å². The minimum Gasteiger partial charge on any atom is -0.354 e. The Hall–Kier alpha value is -6.00.